The fourth-order valence-electron chi connectivity index (χ4n) is 3.86. The van der Waals surface area contributed by atoms with E-state index < -0.39 is 11.2 Å². The summed E-state index contributed by atoms with van der Waals surface area (Å²) in [5.41, 5.74) is 0.554. The molecule has 174 valence electrons. The first-order valence-corrected chi connectivity index (χ1v) is 11.2. The first-order valence-electron chi connectivity index (χ1n) is 10.8. The van der Waals surface area contributed by atoms with E-state index in [0.717, 1.165) is 11.4 Å². The average molecular weight is 475 g/mol. The summed E-state index contributed by atoms with van der Waals surface area (Å²) in [6, 6.07) is 13.5. The number of hydrogen-bond acceptors (Lipinski definition) is 5. The van der Waals surface area contributed by atoms with E-state index in [4.69, 9.17) is 16.3 Å². The molecule has 1 N–H and O–H groups in total. The third kappa shape index (κ3) is 5.17. The molecule has 0 aliphatic carbocycles. The highest BCUT2D eigenvalue weighted by atomic mass is 35.5. The maximum absolute atomic E-state index is 14.8. The van der Waals surface area contributed by atoms with Crippen molar-refractivity contribution in [3.05, 3.63) is 75.9 Å². The third-order valence-electron chi connectivity index (χ3n) is 5.65. The van der Waals surface area contributed by atoms with Crippen LogP contribution in [0.25, 0.3) is 5.69 Å². The number of benzene rings is 2. The molecular weight excluding hydrogens is 450 g/mol. The van der Waals surface area contributed by atoms with Gasteiger partial charge in [-0.05, 0) is 68.3 Å². The highest BCUT2D eigenvalue weighted by Gasteiger charge is 2.32. The van der Waals surface area contributed by atoms with Crippen molar-refractivity contribution in [2.45, 2.75) is 25.4 Å². The molecule has 9 heteroatoms. The van der Waals surface area contributed by atoms with E-state index in [-0.39, 0.29) is 29.7 Å². The fourth-order valence-corrected chi connectivity index (χ4v) is 4.06. The largest absolute Gasteiger partial charge is 0.379 e. The average Bonchev–Trinajstić information content (AvgIpc) is 2.83. The zero-order chi connectivity index (χ0) is 23.4. The number of nitrogens with zero attached hydrogens (tertiary/aromatic N) is 3. The Morgan fingerprint density at radius 3 is 2.45 bits per heavy atom. The second-order valence-electron chi connectivity index (χ2n) is 7.99. The summed E-state index contributed by atoms with van der Waals surface area (Å²) >= 11 is 6.28. The Labute approximate surface area is 195 Å². The van der Waals surface area contributed by atoms with Crippen LogP contribution in [-0.4, -0.2) is 41.8 Å². The van der Waals surface area contributed by atoms with Crippen LogP contribution in [0.5, 0.6) is 0 Å². The molecule has 1 atom stereocenters. The molecule has 2 aromatic carbocycles. The number of anilines is 3. The lowest BCUT2D eigenvalue weighted by molar-refractivity contribution is -0.0234. The summed E-state index contributed by atoms with van der Waals surface area (Å²) in [5.74, 6) is -0.292. The second-order valence-corrected chi connectivity index (χ2v) is 8.36. The third-order valence-corrected chi connectivity index (χ3v) is 6.01. The van der Waals surface area contributed by atoms with Gasteiger partial charge in [0.2, 0.25) is 0 Å². The van der Waals surface area contributed by atoms with Crippen LogP contribution >= 0.6 is 11.6 Å². The highest BCUT2D eigenvalue weighted by molar-refractivity contribution is 6.32. The molecule has 1 aliphatic heterocycles. The number of rotatable bonds is 7. The molecule has 1 aromatic heterocycles. The Morgan fingerprint density at radius 2 is 1.85 bits per heavy atom. The van der Waals surface area contributed by atoms with E-state index >= 15 is 0 Å². The van der Waals surface area contributed by atoms with Gasteiger partial charge in [0.05, 0.1) is 30.7 Å². The molecule has 0 amide bonds. The molecule has 4 rings (SSSR count). The standard InChI is InChI=1S/C24H25ClF2N4O2/c1-2-30(18-6-4-17(26)5-7-18)19-8-10-20(11-9-19)31-23(32)22(25)21(14-29-31)28-15-24(27)12-3-13-33-16-24/h4-11,14,28H,2-3,12-13,15-16H2,1H3/t24-/m0/s1. The first-order chi connectivity index (χ1) is 15.9. The maximum Gasteiger partial charge on any atom is 0.292 e. The van der Waals surface area contributed by atoms with Gasteiger partial charge in [0.1, 0.15) is 10.8 Å². The van der Waals surface area contributed by atoms with E-state index in [2.05, 4.69) is 10.4 Å². The quantitative estimate of drug-likeness (QED) is 0.515. The topological polar surface area (TPSA) is 59.4 Å². The van der Waals surface area contributed by atoms with E-state index in [1.54, 1.807) is 24.3 Å². The van der Waals surface area contributed by atoms with Crippen LogP contribution in [0.3, 0.4) is 0 Å². The molecule has 33 heavy (non-hydrogen) atoms. The minimum Gasteiger partial charge on any atom is -0.379 e. The molecule has 3 aromatic rings. The van der Waals surface area contributed by atoms with Crippen molar-refractivity contribution in [3.8, 4) is 5.69 Å². The molecule has 0 bridgehead atoms. The maximum atomic E-state index is 14.8. The SMILES string of the molecule is CCN(c1ccc(F)cc1)c1ccc(-n2ncc(NC[C@@]3(F)CCCOC3)c(Cl)c2=O)cc1. The van der Waals surface area contributed by atoms with Crippen molar-refractivity contribution >= 4 is 28.7 Å². The van der Waals surface area contributed by atoms with Crippen molar-refractivity contribution in [1.29, 1.82) is 0 Å². The van der Waals surface area contributed by atoms with Crippen molar-refractivity contribution < 1.29 is 13.5 Å². The molecule has 1 aliphatic rings. The number of ether oxygens (including phenoxy) is 1. The van der Waals surface area contributed by atoms with Gasteiger partial charge in [-0.25, -0.2) is 8.78 Å². The Bertz CT molecular complexity index is 1150. The fraction of sp³-hybridized carbons (Fsp3) is 0.333. The Kier molecular flexibility index (Phi) is 6.95. The van der Waals surface area contributed by atoms with Crippen molar-refractivity contribution in [2.75, 3.05) is 36.5 Å². The molecule has 0 radical (unpaired) electrons. The lowest BCUT2D eigenvalue weighted by Crippen LogP contribution is -2.40. The zero-order valence-electron chi connectivity index (χ0n) is 18.2. The summed E-state index contributed by atoms with van der Waals surface area (Å²) in [4.78, 5) is 14.8. The summed E-state index contributed by atoms with van der Waals surface area (Å²) < 4.78 is 34.4. The lowest BCUT2D eigenvalue weighted by atomic mass is 9.99. The van der Waals surface area contributed by atoms with Gasteiger partial charge in [-0.1, -0.05) is 11.6 Å². The molecule has 2 heterocycles. The van der Waals surface area contributed by atoms with Crippen LogP contribution in [0.15, 0.2) is 59.5 Å². The van der Waals surface area contributed by atoms with Crippen LogP contribution in [0.1, 0.15) is 19.8 Å². The summed E-state index contributed by atoms with van der Waals surface area (Å²) in [7, 11) is 0. The normalized spacial score (nSPS) is 18.2. The summed E-state index contributed by atoms with van der Waals surface area (Å²) in [6.45, 7) is 3.24. The molecular formula is C24H25ClF2N4O2. The Morgan fingerprint density at radius 1 is 1.18 bits per heavy atom. The smallest absolute Gasteiger partial charge is 0.292 e. The number of hydrogen-bond donors (Lipinski definition) is 1. The van der Waals surface area contributed by atoms with Crippen LogP contribution in [0.4, 0.5) is 25.8 Å². The van der Waals surface area contributed by atoms with Gasteiger partial charge in [0.15, 0.2) is 5.67 Å². The molecule has 1 saturated heterocycles. The van der Waals surface area contributed by atoms with Crippen molar-refractivity contribution in [3.63, 3.8) is 0 Å². The minimum absolute atomic E-state index is 0.0111. The minimum atomic E-state index is -1.50. The van der Waals surface area contributed by atoms with Crippen LogP contribution in [0, 0.1) is 5.82 Å². The number of alkyl halides is 1. The number of halogens is 3. The van der Waals surface area contributed by atoms with Crippen LogP contribution in [-0.2, 0) is 4.74 Å². The lowest BCUT2D eigenvalue weighted by Gasteiger charge is -2.29. The number of aromatic nitrogens is 2. The predicted octanol–water partition coefficient (Wildman–Crippen LogP) is 5.11. The van der Waals surface area contributed by atoms with E-state index in [9.17, 15) is 13.6 Å². The van der Waals surface area contributed by atoms with Gasteiger partial charge in [0, 0.05) is 24.5 Å². The van der Waals surface area contributed by atoms with Crippen molar-refractivity contribution in [1.82, 2.24) is 9.78 Å². The van der Waals surface area contributed by atoms with Gasteiger partial charge in [-0.15, -0.1) is 0 Å². The summed E-state index contributed by atoms with van der Waals surface area (Å²) in [6.07, 6.45) is 2.46. The van der Waals surface area contributed by atoms with Gasteiger partial charge >= 0.3 is 0 Å². The van der Waals surface area contributed by atoms with Crippen LogP contribution < -0.4 is 15.8 Å². The highest BCUT2D eigenvalue weighted by Crippen LogP contribution is 2.27. The van der Waals surface area contributed by atoms with Crippen molar-refractivity contribution in [2.24, 2.45) is 0 Å². The first kappa shape index (κ1) is 23.2. The van der Waals surface area contributed by atoms with E-state index in [1.807, 2.05) is 24.0 Å². The van der Waals surface area contributed by atoms with E-state index in [0.29, 0.717) is 31.7 Å². The second kappa shape index (κ2) is 9.89. The van der Waals surface area contributed by atoms with Gasteiger partial charge in [-0.2, -0.15) is 9.78 Å². The Balaban J connectivity index is 1.52. The molecule has 0 unspecified atom stereocenters. The molecule has 1 fully saturated rings. The van der Waals surface area contributed by atoms with Crippen LogP contribution in [0.2, 0.25) is 5.02 Å². The van der Waals surface area contributed by atoms with Gasteiger partial charge in [0.25, 0.3) is 5.56 Å². The van der Waals surface area contributed by atoms with E-state index in [1.165, 1.54) is 23.0 Å². The molecule has 6 nitrogen and oxygen atoms in total. The monoisotopic (exact) mass is 474 g/mol. The summed E-state index contributed by atoms with van der Waals surface area (Å²) in [5, 5.41) is 7.05. The molecule has 0 saturated carbocycles. The molecule has 0 spiro atoms. The number of nitrogens with one attached hydrogen (secondary N) is 1. The Hall–Kier alpha value is -2.97. The van der Waals surface area contributed by atoms with Gasteiger partial charge < -0.3 is 15.0 Å². The zero-order valence-corrected chi connectivity index (χ0v) is 19.0. The van der Waals surface area contributed by atoms with Gasteiger partial charge in [-0.3, -0.25) is 4.79 Å². The predicted molar refractivity (Wildman–Crippen MR) is 126 cm³/mol.